The molecule has 1 rings (SSSR count). The van der Waals surface area contributed by atoms with E-state index in [1.807, 2.05) is 24.3 Å². The molecular formula is C12H12BrNO3. The second kappa shape index (κ2) is 6.20. The molecule has 0 unspecified atom stereocenters. The van der Waals surface area contributed by atoms with Crippen molar-refractivity contribution < 1.29 is 14.7 Å². The van der Waals surface area contributed by atoms with Gasteiger partial charge in [0.2, 0.25) is 5.91 Å². The number of carboxylic acid groups (broad SMARTS) is 1. The molecule has 0 bridgehead atoms. The zero-order valence-electron chi connectivity index (χ0n) is 9.18. The van der Waals surface area contributed by atoms with Gasteiger partial charge < -0.3 is 10.4 Å². The summed E-state index contributed by atoms with van der Waals surface area (Å²) in [6, 6.07) is 6.51. The van der Waals surface area contributed by atoms with Gasteiger partial charge in [0.25, 0.3) is 0 Å². The number of hydrogen-bond acceptors (Lipinski definition) is 2. The van der Waals surface area contributed by atoms with E-state index in [9.17, 15) is 9.59 Å². The molecule has 0 spiro atoms. The predicted molar refractivity (Wildman–Crippen MR) is 68.4 cm³/mol. The highest BCUT2D eigenvalue weighted by molar-refractivity contribution is 9.10. The molecule has 4 nitrogen and oxygen atoms in total. The molecule has 1 amide bonds. The standard InChI is InChI=1S/C12H12BrNO3/c1-8(12(16)17)14-11(15)7-4-9-2-5-10(13)6-3-9/h2-8H,1H3,(H,14,15)(H,16,17)/b7-4+/t8-/m0/s1. The van der Waals surface area contributed by atoms with Crippen LogP contribution in [-0.4, -0.2) is 23.0 Å². The van der Waals surface area contributed by atoms with Crippen LogP contribution < -0.4 is 5.32 Å². The summed E-state index contributed by atoms with van der Waals surface area (Å²) in [5.74, 6) is -1.49. The maximum atomic E-state index is 11.3. The van der Waals surface area contributed by atoms with Crippen LogP contribution in [0.1, 0.15) is 12.5 Å². The van der Waals surface area contributed by atoms with Crippen molar-refractivity contribution in [2.24, 2.45) is 0 Å². The fourth-order valence-corrected chi connectivity index (χ4v) is 1.33. The van der Waals surface area contributed by atoms with Crippen LogP contribution in [0, 0.1) is 0 Å². The normalized spacial score (nSPS) is 12.4. The van der Waals surface area contributed by atoms with Crippen LogP contribution in [0.25, 0.3) is 6.08 Å². The summed E-state index contributed by atoms with van der Waals surface area (Å²) in [7, 11) is 0. The van der Waals surface area contributed by atoms with Crippen LogP contribution in [-0.2, 0) is 9.59 Å². The molecule has 2 N–H and O–H groups in total. The Balaban J connectivity index is 2.56. The number of hydrogen-bond donors (Lipinski definition) is 2. The molecule has 1 aromatic rings. The molecule has 0 heterocycles. The molecule has 0 aromatic heterocycles. The van der Waals surface area contributed by atoms with Crippen LogP contribution >= 0.6 is 15.9 Å². The summed E-state index contributed by atoms with van der Waals surface area (Å²) in [6.45, 7) is 1.41. The maximum absolute atomic E-state index is 11.3. The number of benzene rings is 1. The van der Waals surface area contributed by atoms with E-state index in [4.69, 9.17) is 5.11 Å². The van der Waals surface area contributed by atoms with E-state index in [1.165, 1.54) is 13.0 Å². The first-order chi connectivity index (χ1) is 7.99. The SMILES string of the molecule is C[C@H](NC(=O)/C=C/c1ccc(Br)cc1)C(=O)O. The summed E-state index contributed by atoms with van der Waals surface area (Å²) in [4.78, 5) is 21.8. The number of aliphatic carboxylic acids is 1. The van der Waals surface area contributed by atoms with Crippen molar-refractivity contribution in [2.45, 2.75) is 13.0 Å². The second-order valence-electron chi connectivity index (χ2n) is 3.45. The number of carboxylic acids is 1. The highest BCUT2D eigenvalue weighted by atomic mass is 79.9. The third-order valence-corrected chi connectivity index (χ3v) is 2.56. The van der Waals surface area contributed by atoms with E-state index in [1.54, 1.807) is 6.08 Å². The Hall–Kier alpha value is -1.62. The molecule has 0 aliphatic heterocycles. The first-order valence-corrected chi connectivity index (χ1v) is 5.75. The topological polar surface area (TPSA) is 66.4 Å². The van der Waals surface area contributed by atoms with Gasteiger partial charge in [0.05, 0.1) is 0 Å². The Labute approximate surface area is 107 Å². The van der Waals surface area contributed by atoms with Gasteiger partial charge in [-0.2, -0.15) is 0 Å². The van der Waals surface area contributed by atoms with Crippen molar-refractivity contribution in [2.75, 3.05) is 0 Å². The van der Waals surface area contributed by atoms with Crippen LogP contribution in [0.3, 0.4) is 0 Å². The number of rotatable bonds is 4. The number of carbonyl (C=O) groups excluding carboxylic acids is 1. The van der Waals surface area contributed by atoms with E-state index in [2.05, 4.69) is 21.2 Å². The molecule has 0 fully saturated rings. The second-order valence-corrected chi connectivity index (χ2v) is 4.37. The van der Waals surface area contributed by atoms with E-state index < -0.39 is 17.9 Å². The average Bonchev–Trinajstić information content (AvgIpc) is 2.28. The van der Waals surface area contributed by atoms with Crippen molar-refractivity contribution in [3.63, 3.8) is 0 Å². The van der Waals surface area contributed by atoms with Crippen molar-refractivity contribution >= 4 is 33.9 Å². The van der Waals surface area contributed by atoms with Gasteiger partial charge in [-0.3, -0.25) is 9.59 Å². The van der Waals surface area contributed by atoms with Crippen LogP contribution in [0.2, 0.25) is 0 Å². The molecule has 0 radical (unpaired) electrons. The minimum atomic E-state index is -1.06. The molecule has 1 atom stereocenters. The molecular weight excluding hydrogens is 286 g/mol. The minimum Gasteiger partial charge on any atom is -0.480 e. The fraction of sp³-hybridized carbons (Fsp3) is 0.167. The zero-order chi connectivity index (χ0) is 12.8. The summed E-state index contributed by atoms with van der Waals surface area (Å²) >= 11 is 3.31. The molecule has 0 aliphatic carbocycles. The van der Waals surface area contributed by atoms with Crippen molar-refractivity contribution in [3.8, 4) is 0 Å². The number of nitrogens with one attached hydrogen (secondary N) is 1. The van der Waals surface area contributed by atoms with Crippen LogP contribution in [0.15, 0.2) is 34.8 Å². The Morgan fingerprint density at radius 3 is 2.47 bits per heavy atom. The van der Waals surface area contributed by atoms with Crippen molar-refractivity contribution in [1.29, 1.82) is 0 Å². The van der Waals surface area contributed by atoms with E-state index in [0.29, 0.717) is 0 Å². The monoisotopic (exact) mass is 297 g/mol. The average molecular weight is 298 g/mol. The largest absolute Gasteiger partial charge is 0.480 e. The van der Waals surface area contributed by atoms with Gasteiger partial charge in [0, 0.05) is 10.5 Å². The molecule has 17 heavy (non-hydrogen) atoms. The van der Waals surface area contributed by atoms with Crippen molar-refractivity contribution in [1.82, 2.24) is 5.32 Å². The molecule has 0 saturated carbocycles. The predicted octanol–water partition coefficient (Wildman–Crippen LogP) is 2.05. The van der Waals surface area contributed by atoms with Gasteiger partial charge in [-0.15, -0.1) is 0 Å². The Bertz CT molecular complexity index is 440. The quantitative estimate of drug-likeness (QED) is 0.836. The van der Waals surface area contributed by atoms with E-state index >= 15 is 0 Å². The Morgan fingerprint density at radius 2 is 1.94 bits per heavy atom. The lowest BCUT2D eigenvalue weighted by atomic mass is 10.2. The van der Waals surface area contributed by atoms with Gasteiger partial charge in [-0.05, 0) is 30.7 Å². The summed E-state index contributed by atoms with van der Waals surface area (Å²) < 4.78 is 0.957. The molecule has 5 heteroatoms. The van der Waals surface area contributed by atoms with E-state index in [-0.39, 0.29) is 0 Å². The third kappa shape index (κ3) is 4.82. The lowest BCUT2D eigenvalue weighted by Gasteiger charge is -2.05. The van der Waals surface area contributed by atoms with Gasteiger partial charge in [0.1, 0.15) is 6.04 Å². The summed E-state index contributed by atoms with van der Waals surface area (Å²) in [5, 5.41) is 10.9. The van der Waals surface area contributed by atoms with Gasteiger partial charge >= 0.3 is 5.97 Å². The molecule has 0 saturated heterocycles. The maximum Gasteiger partial charge on any atom is 0.325 e. The number of carbonyl (C=O) groups is 2. The highest BCUT2D eigenvalue weighted by Gasteiger charge is 2.11. The molecule has 1 aromatic carbocycles. The van der Waals surface area contributed by atoms with E-state index in [0.717, 1.165) is 10.0 Å². The molecule has 90 valence electrons. The van der Waals surface area contributed by atoms with Crippen LogP contribution in [0.4, 0.5) is 0 Å². The highest BCUT2D eigenvalue weighted by Crippen LogP contribution is 2.11. The summed E-state index contributed by atoms with van der Waals surface area (Å²) in [5.41, 5.74) is 0.867. The fourth-order valence-electron chi connectivity index (χ4n) is 1.07. The lowest BCUT2D eigenvalue weighted by molar-refractivity contribution is -0.140. The van der Waals surface area contributed by atoms with Gasteiger partial charge in [0.15, 0.2) is 0 Å². The number of amides is 1. The number of halogens is 1. The van der Waals surface area contributed by atoms with Gasteiger partial charge in [-0.25, -0.2) is 0 Å². The first-order valence-electron chi connectivity index (χ1n) is 4.96. The zero-order valence-corrected chi connectivity index (χ0v) is 10.8. The van der Waals surface area contributed by atoms with Gasteiger partial charge in [-0.1, -0.05) is 28.1 Å². The van der Waals surface area contributed by atoms with Crippen molar-refractivity contribution in [3.05, 3.63) is 40.4 Å². The lowest BCUT2D eigenvalue weighted by Crippen LogP contribution is -2.37. The Morgan fingerprint density at radius 1 is 1.35 bits per heavy atom. The smallest absolute Gasteiger partial charge is 0.325 e. The first kappa shape index (κ1) is 13.4. The minimum absolute atomic E-state index is 0.428. The van der Waals surface area contributed by atoms with Crippen LogP contribution in [0.5, 0.6) is 0 Å². The summed E-state index contributed by atoms with van der Waals surface area (Å²) in [6.07, 6.45) is 2.93. The molecule has 0 aliphatic rings. The Kier molecular flexibility index (Phi) is 4.90. The third-order valence-electron chi connectivity index (χ3n) is 2.03.